The van der Waals surface area contributed by atoms with E-state index in [2.05, 4.69) is 4.90 Å². The van der Waals surface area contributed by atoms with Crippen LogP contribution in [0.15, 0.2) is 41.8 Å². The Morgan fingerprint density at radius 2 is 2.08 bits per heavy atom. The maximum absolute atomic E-state index is 13.5. The Bertz CT molecular complexity index is 672. The zero-order chi connectivity index (χ0) is 17.5. The van der Waals surface area contributed by atoms with Gasteiger partial charge in [-0.3, -0.25) is 9.69 Å². The quantitative estimate of drug-likeness (QED) is 0.759. The predicted octanol–water partition coefficient (Wildman–Crippen LogP) is 2.79. The van der Waals surface area contributed by atoms with E-state index in [0.29, 0.717) is 19.5 Å². The van der Waals surface area contributed by atoms with Gasteiger partial charge >= 0.3 is 0 Å². The number of carbonyl (C=O) groups excluding carboxylic acids is 1. The summed E-state index contributed by atoms with van der Waals surface area (Å²) in [6, 6.07) is 10.4. The highest BCUT2D eigenvalue weighted by molar-refractivity contribution is 7.10. The molecule has 3 rings (SSSR count). The summed E-state index contributed by atoms with van der Waals surface area (Å²) in [6.07, 6.45) is 0.399. The Labute approximate surface area is 151 Å². The highest BCUT2D eigenvalue weighted by Gasteiger charge is 2.18. The number of ether oxygens (including phenoxy) is 1. The summed E-state index contributed by atoms with van der Waals surface area (Å²) in [5.74, 6) is -0.184. The van der Waals surface area contributed by atoms with Crippen molar-refractivity contribution in [1.82, 2.24) is 9.80 Å². The fourth-order valence-electron chi connectivity index (χ4n) is 2.91. The van der Waals surface area contributed by atoms with Gasteiger partial charge in [0.15, 0.2) is 0 Å². The number of rotatable bonds is 7. The second-order valence-electron chi connectivity index (χ2n) is 6.16. The highest BCUT2D eigenvalue weighted by Crippen LogP contribution is 2.13. The van der Waals surface area contributed by atoms with Crippen LogP contribution < -0.4 is 0 Å². The molecule has 0 aliphatic carbocycles. The number of carbonyl (C=O) groups is 1. The summed E-state index contributed by atoms with van der Waals surface area (Å²) < 4.78 is 18.8. The van der Waals surface area contributed by atoms with E-state index in [1.807, 2.05) is 28.5 Å². The molecule has 134 valence electrons. The zero-order valence-electron chi connectivity index (χ0n) is 14.2. The molecule has 1 aromatic heterocycles. The van der Waals surface area contributed by atoms with E-state index in [-0.39, 0.29) is 11.7 Å². The van der Waals surface area contributed by atoms with Crippen LogP contribution in [0.1, 0.15) is 10.4 Å². The SMILES string of the molecule is O=C(Cc1cccs1)N(CCN1CCOCC1)Cc1cccc(F)c1. The monoisotopic (exact) mass is 362 g/mol. The highest BCUT2D eigenvalue weighted by atomic mass is 32.1. The van der Waals surface area contributed by atoms with Crippen molar-refractivity contribution in [3.63, 3.8) is 0 Å². The smallest absolute Gasteiger partial charge is 0.228 e. The Morgan fingerprint density at radius 1 is 1.24 bits per heavy atom. The zero-order valence-corrected chi connectivity index (χ0v) is 15.0. The number of hydrogen-bond acceptors (Lipinski definition) is 4. The van der Waals surface area contributed by atoms with Crippen LogP contribution in [0.5, 0.6) is 0 Å². The number of benzene rings is 1. The van der Waals surface area contributed by atoms with Crippen LogP contribution in [-0.4, -0.2) is 55.1 Å². The fourth-order valence-corrected chi connectivity index (χ4v) is 3.60. The molecule has 0 unspecified atom stereocenters. The van der Waals surface area contributed by atoms with Crippen LogP contribution >= 0.6 is 11.3 Å². The van der Waals surface area contributed by atoms with Crippen LogP contribution in [-0.2, 0) is 22.5 Å². The summed E-state index contributed by atoms with van der Waals surface area (Å²) in [5, 5.41) is 1.98. The molecular formula is C19H23FN2O2S. The minimum atomic E-state index is -0.267. The van der Waals surface area contributed by atoms with E-state index in [0.717, 1.165) is 43.3 Å². The van der Waals surface area contributed by atoms with E-state index in [1.165, 1.54) is 12.1 Å². The standard InChI is InChI=1S/C19H23FN2O2S/c20-17-4-1-3-16(13-17)15-22(7-6-21-8-10-24-11-9-21)19(23)14-18-5-2-12-25-18/h1-5,12-13H,6-11,14-15H2. The van der Waals surface area contributed by atoms with Crippen LogP contribution in [0.2, 0.25) is 0 Å². The number of thiophene rings is 1. The molecule has 1 saturated heterocycles. The van der Waals surface area contributed by atoms with Crippen molar-refractivity contribution < 1.29 is 13.9 Å². The summed E-state index contributed by atoms with van der Waals surface area (Å²) in [7, 11) is 0. The summed E-state index contributed by atoms with van der Waals surface area (Å²) >= 11 is 1.59. The van der Waals surface area contributed by atoms with Crippen LogP contribution in [0.4, 0.5) is 4.39 Å². The molecule has 0 radical (unpaired) electrons. The fraction of sp³-hybridized carbons (Fsp3) is 0.421. The van der Waals surface area contributed by atoms with Gasteiger partial charge in [-0.1, -0.05) is 18.2 Å². The Balaban J connectivity index is 1.64. The van der Waals surface area contributed by atoms with Crippen LogP contribution in [0.25, 0.3) is 0 Å². The first-order valence-electron chi connectivity index (χ1n) is 8.55. The van der Waals surface area contributed by atoms with Gasteiger partial charge in [0.2, 0.25) is 5.91 Å². The second-order valence-corrected chi connectivity index (χ2v) is 7.19. The first kappa shape index (κ1) is 18.0. The van der Waals surface area contributed by atoms with Gasteiger partial charge in [-0.15, -0.1) is 11.3 Å². The molecule has 2 aromatic rings. The molecule has 0 bridgehead atoms. The third kappa shape index (κ3) is 5.63. The molecule has 4 nitrogen and oxygen atoms in total. The largest absolute Gasteiger partial charge is 0.379 e. The lowest BCUT2D eigenvalue weighted by Gasteiger charge is -2.30. The number of amides is 1. The lowest BCUT2D eigenvalue weighted by molar-refractivity contribution is -0.131. The van der Waals surface area contributed by atoms with E-state index in [1.54, 1.807) is 17.4 Å². The molecule has 0 saturated carbocycles. The van der Waals surface area contributed by atoms with Gasteiger partial charge in [0.25, 0.3) is 0 Å². The Hall–Kier alpha value is -1.76. The first-order chi connectivity index (χ1) is 12.2. The van der Waals surface area contributed by atoms with Crippen LogP contribution in [0, 0.1) is 5.82 Å². The van der Waals surface area contributed by atoms with Gasteiger partial charge in [-0.25, -0.2) is 4.39 Å². The molecule has 1 aliphatic heterocycles. The first-order valence-corrected chi connectivity index (χ1v) is 9.43. The van der Waals surface area contributed by atoms with Gasteiger partial charge in [0.05, 0.1) is 19.6 Å². The average Bonchev–Trinajstić information content (AvgIpc) is 3.12. The molecule has 1 amide bonds. The number of nitrogens with zero attached hydrogens (tertiary/aromatic N) is 2. The van der Waals surface area contributed by atoms with Gasteiger partial charge in [-0.2, -0.15) is 0 Å². The van der Waals surface area contributed by atoms with E-state index in [4.69, 9.17) is 4.74 Å². The lowest BCUT2D eigenvalue weighted by Crippen LogP contribution is -2.43. The maximum Gasteiger partial charge on any atom is 0.228 e. The third-order valence-corrected chi connectivity index (χ3v) is 5.19. The van der Waals surface area contributed by atoms with Crippen molar-refractivity contribution >= 4 is 17.2 Å². The lowest BCUT2D eigenvalue weighted by atomic mass is 10.2. The molecule has 1 aromatic carbocycles. The van der Waals surface area contributed by atoms with E-state index >= 15 is 0 Å². The van der Waals surface area contributed by atoms with Gasteiger partial charge in [0, 0.05) is 37.6 Å². The molecule has 6 heteroatoms. The summed E-state index contributed by atoms with van der Waals surface area (Å²) in [5.41, 5.74) is 0.821. The normalized spacial score (nSPS) is 15.2. The van der Waals surface area contributed by atoms with Gasteiger partial charge in [-0.05, 0) is 29.1 Å². The minimum Gasteiger partial charge on any atom is -0.379 e. The van der Waals surface area contributed by atoms with Crippen molar-refractivity contribution in [1.29, 1.82) is 0 Å². The van der Waals surface area contributed by atoms with Crippen LogP contribution in [0.3, 0.4) is 0 Å². The molecule has 1 aliphatic rings. The Kier molecular flexibility index (Phi) is 6.55. The molecule has 2 heterocycles. The van der Waals surface area contributed by atoms with Crippen molar-refractivity contribution in [3.05, 3.63) is 58.0 Å². The average molecular weight is 362 g/mol. The maximum atomic E-state index is 13.5. The number of morpholine rings is 1. The van der Waals surface area contributed by atoms with E-state index in [9.17, 15) is 9.18 Å². The van der Waals surface area contributed by atoms with Crippen molar-refractivity contribution in [2.24, 2.45) is 0 Å². The molecule has 1 fully saturated rings. The summed E-state index contributed by atoms with van der Waals surface area (Å²) in [6.45, 7) is 5.17. The predicted molar refractivity (Wildman–Crippen MR) is 97.1 cm³/mol. The van der Waals surface area contributed by atoms with Gasteiger partial charge in [0.1, 0.15) is 5.82 Å². The molecule has 25 heavy (non-hydrogen) atoms. The van der Waals surface area contributed by atoms with Crippen molar-refractivity contribution in [3.8, 4) is 0 Å². The minimum absolute atomic E-state index is 0.0833. The molecular weight excluding hydrogens is 339 g/mol. The molecule has 0 atom stereocenters. The third-order valence-electron chi connectivity index (χ3n) is 4.31. The van der Waals surface area contributed by atoms with Crippen molar-refractivity contribution in [2.75, 3.05) is 39.4 Å². The topological polar surface area (TPSA) is 32.8 Å². The number of halogens is 1. The van der Waals surface area contributed by atoms with E-state index < -0.39 is 0 Å². The second kappa shape index (κ2) is 9.08. The Morgan fingerprint density at radius 3 is 2.80 bits per heavy atom. The molecule has 0 N–H and O–H groups in total. The summed E-state index contributed by atoms with van der Waals surface area (Å²) in [4.78, 5) is 18.0. The van der Waals surface area contributed by atoms with Gasteiger partial charge < -0.3 is 9.64 Å². The molecule has 0 spiro atoms. The number of hydrogen-bond donors (Lipinski definition) is 0. The van der Waals surface area contributed by atoms with Crippen molar-refractivity contribution in [2.45, 2.75) is 13.0 Å².